The van der Waals surface area contributed by atoms with E-state index >= 15 is 0 Å². The van der Waals surface area contributed by atoms with Crippen molar-refractivity contribution in [2.75, 3.05) is 46.5 Å². The Morgan fingerprint density at radius 1 is 1.24 bits per heavy atom. The summed E-state index contributed by atoms with van der Waals surface area (Å²) in [6.45, 7) is 6.37. The van der Waals surface area contributed by atoms with Gasteiger partial charge in [-0.25, -0.2) is 0 Å². The topological polar surface area (TPSA) is 55.2 Å². The second-order valence-electron chi connectivity index (χ2n) is 7.08. The second kappa shape index (κ2) is 9.36. The predicted molar refractivity (Wildman–Crippen MR) is 94.1 cm³/mol. The van der Waals surface area contributed by atoms with Crippen molar-refractivity contribution in [3.8, 4) is 0 Å². The quantitative estimate of drug-likeness (QED) is 0.755. The largest absolute Gasteiger partial charge is 0.462 e. The minimum absolute atomic E-state index is 0.288. The number of likely N-dealkylation sites (tertiary alicyclic amines) is 1. The number of amides is 1. The van der Waals surface area contributed by atoms with Crippen LogP contribution in [0.4, 0.5) is 0 Å². The summed E-state index contributed by atoms with van der Waals surface area (Å²) in [5.74, 6) is 2.77. The molecule has 6 nitrogen and oxygen atoms in total. The molecule has 3 rings (SSSR count). The van der Waals surface area contributed by atoms with Gasteiger partial charge in [0, 0.05) is 33.2 Å². The molecule has 0 bridgehead atoms. The molecule has 1 aromatic rings. The lowest BCUT2D eigenvalue weighted by molar-refractivity contribution is -0.135. The number of carbonyl (C=O) groups excluding carboxylic acids is 1. The first-order chi connectivity index (χ1) is 12.2. The van der Waals surface area contributed by atoms with E-state index in [1.54, 1.807) is 7.11 Å². The third-order valence-electron chi connectivity index (χ3n) is 5.12. The summed E-state index contributed by atoms with van der Waals surface area (Å²) in [6.07, 6.45) is 4.07. The number of hydrogen-bond acceptors (Lipinski definition) is 5. The lowest BCUT2D eigenvalue weighted by Gasteiger charge is -2.33. The van der Waals surface area contributed by atoms with E-state index in [1.165, 1.54) is 12.8 Å². The maximum Gasteiger partial charge on any atom is 0.222 e. The zero-order valence-corrected chi connectivity index (χ0v) is 15.2. The van der Waals surface area contributed by atoms with Crippen LogP contribution in [0.2, 0.25) is 0 Å². The molecule has 1 aromatic heterocycles. The van der Waals surface area contributed by atoms with Crippen molar-refractivity contribution < 1.29 is 18.7 Å². The zero-order valence-electron chi connectivity index (χ0n) is 15.2. The summed E-state index contributed by atoms with van der Waals surface area (Å²) >= 11 is 0. The van der Waals surface area contributed by atoms with Crippen LogP contribution in [0.15, 0.2) is 16.5 Å². The Labute approximate surface area is 150 Å². The number of morpholine rings is 1. The normalized spacial score (nSPS) is 22.3. The summed E-state index contributed by atoms with van der Waals surface area (Å²) in [7, 11) is 1.68. The molecule has 2 aliphatic heterocycles. The van der Waals surface area contributed by atoms with Crippen LogP contribution >= 0.6 is 0 Å². The Morgan fingerprint density at radius 2 is 2.04 bits per heavy atom. The highest BCUT2D eigenvalue weighted by molar-refractivity contribution is 5.76. The number of hydrogen-bond donors (Lipinski definition) is 0. The van der Waals surface area contributed by atoms with Crippen LogP contribution in [-0.2, 0) is 27.4 Å². The van der Waals surface area contributed by atoms with Gasteiger partial charge in [-0.1, -0.05) is 0 Å². The van der Waals surface area contributed by atoms with Gasteiger partial charge in [0.25, 0.3) is 0 Å². The van der Waals surface area contributed by atoms with Gasteiger partial charge in [-0.3, -0.25) is 9.69 Å². The summed E-state index contributed by atoms with van der Waals surface area (Å²) < 4.78 is 16.2. The molecule has 0 radical (unpaired) electrons. The van der Waals surface area contributed by atoms with Gasteiger partial charge in [-0.2, -0.15) is 0 Å². The third kappa shape index (κ3) is 5.56. The molecule has 25 heavy (non-hydrogen) atoms. The second-order valence-corrected chi connectivity index (χ2v) is 7.08. The SMILES string of the molecule is COCc1ccc(CN2CCC[C@@H](CCC(=O)N3CCOCC3)C2)o1. The molecule has 1 amide bonds. The maximum atomic E-state index is 12.3. The van der Waals surface area contributed by atoms with Gasteiger partial charge in [0.2, 0.25) is 5.91 Å². The molecule has 0 unspecified atom stereocenters. The van der Waals surface area contributed by atoms with Crippen molar-refractivity contribution in [2.45, 2.75) is 38.8 Å². The first-order valence-electron chi connectivity index (χ1n) is 9.39. The summed E-state index contributed by atoms with van der Waals surface area (Å²) in [4.78, 5) is 16.7. The van der Waals surface area contributed by atoms with E-state index in [2.05, 4.69) is 4.90 Å². The van der Waals surface area contributed by atoms with Gasteiger partial charge in [0.05, 0.1) is 19.8 Å². The highest BCUT2D eigenvalue weighted by Crippen LogP contribution is 2.23. The van der Waals surface area contributed by atoms with Gasteiger partial charge < -0.3 is 18.8 Å². The molecular weight excluding hydrogens is 320 g/mol. The highest BCUT2D eigenvalue weighted by atomic mass is 16.5. The summed E-state index contributed by atoms with van der Waals surface area (Å²) in [6, 6.07) is 4.03. The molecule has 0 spiro atoms. The van der Waals surface area contributed by atoms with Crippen molar-refractivity contribution in [1.29, 1.82) is 0 Å². The number of piperidine rings is 1. The van der Waals surface area contributed by atoms with E-state index < -0.39 is 0 Å². The van der Waals surface area contributed by atoms with Crippen LogP contribution in [0.25, 0.3) is 0 Å². The molecule has 2 saturated heterocycles. The van der Waals surface area contributed by atoms with E-state index in [4.69, 9.17) is 13.9 Å². The minimum atomic E-state index is 0.288. The average molecular weight is 350 g/mol. The molecular formula is C19H30N2O4. The van der Waals surface area contributed by atoms with Crippen LogP contribution in [0.5, 0.6) is 0 Å². The Hall–Kier alpha value is -1.37. The van der Waals surface area contributed by atoms with E-state index in [0.29, 0.717) is 32.2 Å². The molecule has 0 aromatic carbocycles. The van der Waals surface area contributed by atoms with Crippen molar-refractivity contribution >= 4 is 5.91 Å². The van der Waals surface area contributed by atoms with Crippen LogP contribution in [0.3, 0.4) is 0 Å². The molecule has 0 aliphatic carbocycles. The fourth-order valence-electron chi connectivity index (χ4n) is 3.78. The Morgan fingerprint density at radius 3 is 2.84 bits per heavy atom. The predicted octanol–water partition coefficient (Wildman–Crippen LogP) is 2.28. The first-order valence-corrected chi connectivity index (χ1v) is 9.39. The van der Waals surface area contributed by atoms with E-state index in [9.17, 15) is 4.79 Å². The van der Waals surface area contributed by atoms with Crippen LogP contribution in [-0.4, -0.2) is 62.2 Å². The Kier molecular flexibility index (Phi) is 6.90. The molecule has 1 atom stereocenters. The number of carbonyl (C=O) groups is 1. The number of furan rings is 1. The molecule has 2 fully saturated rings. The van der Waals surface area contributed by atoms with Crippen LogP contribution in [0, 0.1) is 5.92 Å². The molecule has 0 N–H and O–H groups in total. The number of nitrogens with zero attached hydrogens (tertiary/aromatic N) is 2. The van der Waals surface area contributed by atoms with Gasteiger partial charge in [-0.15, -0.1) is 0 Å². The molecule has 6 heteroatoms. The van der Waals surface area contributed by atoms with Crippen molar-refractivity contribution in [3.05, 3.63) is 23.7 Å². The maximum absolute atomic E-state index is 12.3. The smallest absolute Gasteiger partial charge is 0.222 e. The van der Waals surface area contributed by atoms with Gasteiger partial charge in [0.15, 0.2) is 0 Å². The number of rotatable bonds is 7. The average Bonchev–Trinajstić information content (AvgIpc) is 3.08. The van der Waals surface area contributed by atoms with E-state index in [0.717, 1.165) is 50.7 Å². The monoisotopic (exact) mass is 350 g/mol. The van der Waals surface area contributed by atoms with E-state index in [1.807, 2.05) is 17.0 Å². The van der Waals surface area contributed by atoms with Gasteiger partial charge >= 0.3 is 0 Å². The van der Waals surface area contributed by atoms with Crippen LogP contribution < -0.4 is 0 Å². The minimum Gasteiger partial charge on any atom is -0.462 e. The number of methoxy groups -OCH3 is 1. The molecule has 140 valence electrons. The summed E-state index contributed by atoms with van der Waals surface area (Å²) in [5.41, 5.74) is 0. The standard InChI is InChI=1S/C19H30N2O4/c1-23-15-18-6-5-17(25-18)14-20-8-2-3-16(13-20)4-7-19(22)21-9-11-24-12-10-21/h5-6,16H,2-4,7-15H2,1H3/t16-/m0/s1. The third-order valence-corrected chi connectivity index (χ3v) is 5.12. The van der Waals surface area contributed by atoms with Crippen molar-refractivity contribution in [2.24, 2.45) is 5.92 Å². The van der Waals surface area contributed by atoms with Gasteiger partial charge in [-0.05, 0) is 43.9 Å². The number of ether oxygens (including phenoxy) is 2. The van der Waals surface area contributed by atoms with Gasteiger partial charge in [0.1, 0.15) is 18.1 Å². The molecule has 3 heterocycles. The first kappa shape index (κ1) is 18.4. The van der Waals surface area contributed by atoms with Crippen LogP contribution in [0.1, 0.15) is 37.2 Å². The highest BCUT2D eigenvalue weighted by Gasteiger charge is 2.23. The fourth-order valence-corrected chi connectivity index (χ4v) is 3.78. The lowest BCUT2D eigenvalue weighted by atomic mass is 9.93. The van der Waals surface area contributed by atoms with Crippen molar-refractivity contribution in [3.63, 3.8) is 0 Å². The zero-order chi connectivity index (χ0) is 17.5. The van der Waals surface area contributed by atoms with E-state index in [-0.39, 0.29) is 5.91 Å². The molecule has 0 saturated carbocycles. The van der Waals surface area contributed by atoms with Crippen molar-refractivity contribution in [1.82, 2.24) is 9.80 Å². The summed E-state index contributed by atoms with van der Waals surface area (Å²) in [5, 5.41) is 0. The fraction of sp³-hybridized carbons (Fsp3) is 0.737. The molecule has 2 aliphatic rings. The Balaban J connectivity index is 1.41. The Bertz CT molecular complexity index is 539. The lowest BCUT2D eigenvalue weighted by Crippen LogP contribution is -2.41.